The van der Waals surface area contributed by atoms with Crippen molar-refractivity contribution in [1.29, 1.82) is 0 Å². The summed E-state index contributed by atoms with van der Waals surface area (Å²) >= 11 is 0. The minimum atomic E-state index is 1.21. The number of allylic oxidation sites excluding steroid dienone is 7. The molecule has 0 unspecified atom stereocenters. The van der Waals surface area contributed by atoms with E-state index >= 15 is 0 Å². The van der Waals surface area contributed by atoms with Crippen LogP contribution in [0, 0.1) is 0 Å². The van der Waals surface area contributed by atoms with Crippen molar-refractivity contribution in [3.63, 3.8) is 0 Å². The van der Waals surface area contributed by atoms with Crippen molar-refractivity contribution >= 4 is 7.28 Å². The largest absolute Gasteiger partial charge is 0.184 e. The molecule has 12 heavy (non-hydrogen) atoms. The summed E-state index contributed by atoms with van der Waals surface area (Å²) < 4.78 is 0. The second kappa shape index (κ2) is 6.72. The van der Waals surface area contributed by atoms with Gasteiger partial charge in [-0.05, 0) is 13.8 Å². The molecule has 0 aromatic rings. The molecule has 0 aliphatic heterocycles. The summed E-state index contributed by atoms with van der Waals surface area (Å²) in [4.78, 5) is 0. The molecule has 0 rings (SSSR count). The lowest BCUT2D eigenvalue weighted by Gasteiger charge is -1.98. The maximum atomic E-state index is 3.62. The van der Waals surface area contributed by atoms with Gasteiger partial charge in [0.1, 0.15) is 0 Å². The lowest BCUT2D eigenvalue weighted by Crippen LogP contribution is -1.95. The zero-order chi connectivity index (χ0) is 9.40. The topological polar surface area (TPSA) is 0 Å². The van der Waals surface area contributed by atoms with Crippen LogP contribution < -0.4 is 0 Å². The van der Waals surface area contributed by atoms with Gasteiger partial charge in [-0.3, -0.25) is 0 Å². The molecule has 0 saturated heterocycles. The van der Waals surface area contributed by atoms with E-state index in [2.05, 4.69) is 32.9 Å². The minimum Gasteiger partial charge on any atom is -0.110 e. The first kappa shape index (κ1) is 11.0. The van der Waals surface area contributed by atoms with Crippen LogP contribution in [0.15, 0.2) is 47.9 Å². The lowest BCUT2D eigenvalue weighted by atomic mass is 9.63. The van der Waals surface area contributed by atoms with Gasteiger partial charge in [-0.15, -0.1) is 5.47 Å². The lowest BCUT2D eigenvalue weighted by molar-refractivity contribution is 1.56. The van der Waals surface area contributed by atoms with E-state index in [-0.39, 0.29) is 0 Å². The van der Waals surface area contributed by atoms with Gasteiger partial charge in [0.05, 0.1) is 0 Å². The summed E-state index contributed by atoms with van der Waals surface area (Å²) in [5, 5.41) is 0. The standard InChI is InChI=1S/C11H16B/c1-5-8-9-11(7-3)12-10(4)6-2/h5-9H,1H2,2-4H3/b9-8-,10-6+,11-7+. The Morgan fingerprint density at radius 1 is 1.25 bits per heavy atom. The average molecular weight is 159 g/mol. The summed E-state index contributed by atoms with van der Waals surface area (Å²) in [6.45, 7) is 9.78. The molecule has 0 atom stereocenters. The molecule has 0 fully saturated rings. The summed E-state index contributed by atoms with van der Waals surface area (Å²) in [5.74, 6) is 0. The van der Waals surface area contributed by atoms with E-state index < -0.39 is 0 Å². The van der Waals surface area contributed by atoms with Gasteiger partial charge in [-0.2, -0.15) is 0 Å². The van der Waals surface area contributed by atoms with Gasteiger partial charge >= 0.3 is 0 Å². The molecule has 0 spiro atoms. The van der Waals surface area contributed by atoms with Gasteiger partial charge in [-0.1, -0.05) is 49.4 Å². The van der Waals surface area contributed by atoms with Gasteiger partial charge in [0.2, 0.25) is 0 Å². The molecular weight excluding hydrogens is 143 g/mol. The molecule has 0 aromatic carbocycles. The Morgan fingerprint density at radius 2 is 1.92 bits per heavy atom. The van der Waals surface area contributed by atoms with Crippen molar-refractivity contribution in [3.8, 4) is 0 Å². The Balaban J connectivity index is 4.20. The highest BCUT2D eigenvalue weighted by Crippen LogP contribution is 2.01. The van der Waals surface area contributed by atoms with Gasteiger partial charge < -0.3 is 0 Å². The zero-order valence-electron chi connectivity index (χ0n) is 8.17. The SMILES string of the molecule is C=C/C=C\C([B]/C(C)=C/C)=C/C. The first-order valence-electron chi connectivity index (χ1n) is 4.17. The Kier molecular flexibility index (Phi) is 6.17. The monoisotopic (exact) mass is 159 g/mol. The summed E-state index contributed by atoms with van der Waals surface area (Å²) in [5.41, 5.74) is 2.49. The Bertz CT molecular complexity index is 219. The van der Waals surface area contributed by atoms with Gasteiger partial charge in [0.25, 0.3) is 0 Å². The highest BCUT2D eigenvalue weighted by atomic mass is 13.8. The van der Waals surface area contributed by atoms with E-state index in [1.165, 1.54) is 10.9 Å². The summed E-state index contributed by atoms with van der Waals surface area (Å²) in [6.07, 6.45) is 9.93. The van der Waals surface area contributed by atoms with Crippen LogP contribution in [-0.2, 0) is 0 Å². The quantitative estimate of drug-likeness (QED) is 0.436. The molecule has 0 aromatic heterocycles. The average Bonchev–Trinajstić information content (AvgIpc) is 2.11. The number of rotatable bonds is 4. The smallest absolute Gasteiger partial charge is 0.110 e. The van der Waals surface area contributed by atoms with Crippen LogP contribution in [0.5, 0.6) is 0 Å². The Hall–Kier alpha value is -0.975. The second-order valence-corrected chi connectivity index (χ2v) is 2.56. The molecule has 0 aliphatic carbocycles. The number of hydrogen-bond acceptors (Lipinski definition) is 0. The van der Waals surface area contributed by atoms with Crippen LogP contribution in [0.2, 0.25) is 0 Å². The van der Waals surface area contributed by atoms with Gasteiger partial charge in [-0.25, -0.2) is 0 Å². The highest BCUT2D eigenvalue weighted by Gasteiger charge is 1.94. The Labute approximate surface area is 76.6 Å². The van der Waals surface area contributed by atoms with Crippen molar-refractivity contribution in [1.82, 2.24) is 0 Å². The molecule has 63 valence electrons. The van der Waals surface area contributed by atoms with Crippen LogP contribution in [0.25, 0.3) is 0 Å². The summed E-state index contributed by atoms with van der Waals surface area (Å²) in [6, 6.07) is 0. The molecule has 0 heterocycles. The van der Waals surface area contributed by atoms with Crippen molar-refractivity contribution in [2.45, 2.75) is 20.8 Å². The van der Waals surface area contributed by atoms with Crippen molar-refractivity contribution in [2.75, 3.05) is 0 Å². The fraction of sp³-hybridized carbons (Fsp3) is 0.273. The van der Waals surface area contributed by atoms with E-state index in [1.807, 2.05) is 26.0 Å². The van der Waals surface area contributed by atoms with Crippen molar-refractivity contribution in [2.24, 2.45) is 0 Å². The summed E-state index contributed by atoms with van der Waals surface area (Å²) in [7, 11) is 2.14. The van der Waals surface area contributed by atoms with Gasteiger partial charge in [0, 0.05) is 0 Å². The third-order valence-electron chi connectivity index (χ3n) is 1.61. The van der Waals surface area contributed by atoms with Crippen LogP contribution in [-0.4, -0.2) is 7.28 Å². The predicted molar refractivity (Wildman–Crippen MR) is 58.3 cm³/mol. The maximum Gasteiger partial charge on any atom is 0.184 e. The van der Waals surface area contributed by atoms with Crippen LogP contribution >= 0.6 is 0 Å². The van der Waals surface area contributed by atoms with E-state index in [9.17, 15) is 0 Å². The molecule has 0 amide bonds. The van der Waals surface area contributed by atoms with Crippen LogP contribution in [0.3, 0.4) is 0 Å². The third kappa shape index (κ3) is 4.78. The van der Waals surface area contributed by atoms with Crippen LogP contribution in [0.1, 0.15) is 20.8 Å². The zero-order valence-corrected chi connectivity index (χ0v) is 8.17. The minimum absolute atomic E-state index is 1.21. The normalized spacial score (nSPS) is 13.6. The fourth-order valence-corrected chi connectivity index (χ4v) is 0.753. The van der Waals surface area contributed by atoms with Crippen molar-refractivity contribution in [3.05, 3.63) is 47.9 Å². The first-order valence-corrected chi connectivity index (χ1v) is 4.17. The molecule has 0 aliphatic rings. The molecule has 1 radical (unpaired) electrons. The maximum absolute atomic E-state index is 3.62. The molecular formula is C11H16B. The Morgan fingerprint density at radius 3 is 2.33 bits per heavy atom. The molecule has 0 bridgehead atoms. The predicted octanol–water partition coefficient (Wildman–Crippen LogP) is 3.26. The molecule has 0 saturated carbocycles. The van der Waals surface area contributed by atoms with E-state index in [1.54, 1.807) is 6.08 Å². The second-order valence-electron chi connectivity index (χ2n) is 2.56. The van der Waals surface area contributed by atoms with Crippen LogP contribution in [0.4, 0.5) is 0 Å². The van der Waals surface area contributed by atoms with E-state index in [4.69, 9.17) is 0 Å². The van der Waals surface area contributed by atoms with E-state index in [0.717, 1.165) is 0 Å². The number of hydrogen-bond donors (Lipinski definition) is 0. The molecule has 0 nitrogen and oxygen atoms in total. The van der Waals surface area contributed by atoms with Crippen molar-refractivity contribution < 1.29 is 0 Å². The molecule has 0 N–H and O–H groups in total. The third-order valence-corrected chi connectivity index (χ3v) is 1.61. The van der Waals surface area contributed by atoms with Gasteiger partial charge in [0.15, 0.2) is 7.28 Å². The molecule has 1 heteroatoms. The first-order chi connectivity index (χ1) is 5.74. The van der Waals surface area contributed by atoms with E-state index in [0.29, 0.717) is 0 Å². The fourth-order valence-electron chi connectivity index (χ4n) is 0.753. The highest BCUT2D eigenvalue weighted by molar-refractivity contribution is 6.54.